The van der Waals surface area contributed by atoms with E-state index in [2.05, 4.69) is 70.9 Å². The number of carbonyl (C=O) groups excluding carboxylic acids is 2. The van der Waals surface area contributed by atoms with Crippen LogP contribution in [0.2, 0.25) is 0 Å². The number of aryl methyl sites for hydroxylation is 1. The molecule has 7 saturated carbocycles. The molecule has 7 nitrogen and oxygen atoms in total. The van der Waals surface area contributed by atoms with Gasteiger partial charge in [-0.25, -0.2) is 0 Å². The summed E-state index contributed by atoms with van der Waals surface area (Å²) in [6, 6.07) is 0.141. The lowest BCUT2D eigenvalue weighted by Gasteiger charge is -2.73. The topological polar surface area (TPSA) is 94.3 Å². The molecule has 8 rings (SSSR count). The van der Waals surface area contributed by atoms with Gasteiger partial charge >= 0.3 is 5.97 Å². The fourth-order valence-corrected chi connectivity index (χ4v) is 14.5. The summed E-state index contributed by atoms with van der Waals surface area (Å²) >= 11 is 0. The molecule has 0 bridgehead atoms. The van der Waals surface area contributed by atoms with Crippen LogP contribution in [-0.2, 0) is 14.3 Å². The van der Waals surface area contributed by atoms with E-state index in [1.807, 2.05) is 6.92 Å². The zero-order valence-electron chi connectivity index (χ0n) is 32.2. The summed E-state index contributed by atoms with van der Waals surface area (Å²) in [6.07, 6.45) is 16.6. The maximum atomic E-state index is 14.6. The number of hydrogen-bond donors (Lipinski definition) is 1. The smallest absolute Gasteiger partial charge is 0.306 e. The minimum absolute atomic E-state index is 0.0317. The van der Waals surface area contributed by atoms with Gasteiger partial charge in [-0.2, -0.15) is 0 Å². The van der Waals surface area contributed by atoms with E-state index in [4.69, 9.17) is 9.15 Å². The highest BCUT2D eigenvalue weighted by Gasteiger charge is 2.71. The normalized spacial score (nSPS) is 47.0. The molecule has 0 spiro atoms. The van der Waals surface area contributed by atoms with Gasteiger partial charge in [0.2, 0.25) is 17.7 Å². The van der Waals surface area contributed by atoms with E-state index >= 15 is 0 Å². The molecule has 0 aliphatic heterocycles. The Bertz CT molecular complexity index is 1510. The van der Waals surface area contributed by atoms with Crippen molar-refractivity contribution in [3.63, 3.8) is 0 Å². The van der Waals surface area contributed by atoms with Crippen molar-refractivity contribution in [1.82, 2.24) is 15.5 Å². The molecule has 1 amide bonds. The minimum Gasteiger partial charge on any atom is -0.459 e. The quantitative estimate of drug-likeness (QED) is 0.302. The zero-order valence-corrected chi connectivity index (χ0v) is 32.2. The average Bonchev–Trinajstić information content (AvgIpc) is 3.37. The lowest BCUT2D eigenvalue weighted by Crippen LogP contribution is -2.67. The van der Waals surface area contributed by atoms with Gasteiger partial charge in [-0.3, -0.25) is 9.59 Å². The molecule has 7 aliphatic carbocycles. The number of aromatic nitrogens is 2. The van der Waals surface area contributed by atoms with Crippen molar-refractivity contribution in [1.29, 1.82) is 0 Å². The molecule has 11 atom stereocenters. The molecule has 1 heterocycles. The van der Waals surface area contributed by atoms with E-state index in [1.165, 1.54) is 51.4 Å². The monoisotopic (exact) mass is 675 g/mol. The molecule has 0 unspecified atom stereocenters. The fourth-order valence-electron chi connectivity index (χ4n) is 14.5. The zero-order chi connectivity index (χ0) is 35.0. The Balaban J connectivity index is 0.990. The molecule has 1 aromatic heterocycles. The SMILES string of the molecule is Cc1nnc([C@H]2C[C@@H](NC(=O)[C@]34CCC[C@@H]3[C@H]3CC[C@@H]5[C@]6(C)CC[C@@H](CC(=O)OC7(C)CC7)C(C)(C)[C@H]6CC[C@@]5(C)[C@]3(C)CC4)C2(C)C)o1. The number of nitrogens with zero attached hydrogens (tertiary/aromatic N) is 2. The summed E-state index contributed by atoms with van der Waals surface area (Å²) in [6.45, 7) is 21.4. The third-order valence-electron chi connectivity index (χ3n) is 18.2. The van der Waals surface area contributed by atoms with Crippen molar-refractivity contribution in [3.05, 3.63) is 11.8 Å². The van der Waals surface area contributed by atoms with Gasteiger partial charge < -0.3 is 14.5 Å². The van der Waals surface area contributed by atoms with E-state index in [1.54, 1.807) is 0 Å². The molecule has 272 valence electrons. The molecule has 7 aliphatic rings. The van der Waals surface area contributed by atoms with Crippen LogP contribution in [0.4, 0.5) is 0 Å². The standard InChI is InChI=1S/C42H65N3O4/c1-25-44-45-34(48-25)29-24-32(37(29,4)5)43-35(47)42-16-10-11-28(42)27-12-13-31-39(7)17-14-26(23-33(46)49-38(6)19-20-38)36(2,3)30(39)15-18-41(31,9)40(27,8)21-22-42/h26-32H,10-24H2,1-9H3,(H,43,47)/t26-,27+,28+,29+,30+,31+,32+,39+,40+,41+,42-/m0/s1. The van der Waals surface area contributed by atoms with E-state index in [0.29, 0.717) is 53.7 Å². The minimum atomic E-state index is -0.219. The number of amides is 1. The molecule has 7 heteroatoms. The molecule has 0 aromatic carbocycles. The van der Waals surface area contributed by atoms with Gasteiger partial charge in [0, 0.05) is 25.3 Å². The molecular formula is C42H65N3O4. The van der Waals surface area contributed by atoms with Gasteiger partial charge in [0.15, 0.2) is 0 Å². The summed E-state index contributed by atoms with van der Waals surface area (Å²) in [5.74, 6) is 4.72. The molecule has 49 heavy (non-hydrogen) atoms. The van der Waals surface area contributed by atoms with Gasteiger partial charge in [0.25, 0.3) is 0 Å². The lowest BCUT2D eigenvalue weighted by atomic mass is 9.32. The highest BCUT2D eigenvalue weighted by molar-refractivity contribution is 5.84. The molecule has 1 aromatic rings. The van der Waals surface area contributed by atoms with Gasteiger partial charge in [0.05, 0.1) is 5.41 Å². The Morgan fingerprint density at radius 2 is 1.53 bits per heavy atom. The van der Waals surface area contributed by atoms with Gasteiger partial charge in [0.1, 0.15) is 5.60 Å². The van der Waals surface area contributed by atoms with Gasteiger partial charge in [-0.15, -0.1) is 10.2 Å². The number of rotatable bonds is 6. The summed E-state index contributed by atoms with van der Waals surface area (Å²) in [5, 5.41) is 12.0. The molecule has 0 saturated heterocycles. The lowest BCUT2D eigenvalue weighted by molar-refractivity contribution is -0.240. The predicted molar refractivity (Wildman–Crippen MR) is 189 cm³/mol. The summed E-state index contributed by atoms with van der Waals surface area (Å²) in [4.78, 5) is 27.6. The van der Waals surface area contributed by atoms with Crippen molar-refractivity contribution < 1.29 is 18.7 Å². The first-order valence-corrected chi connectivity index (χ1v) is 20.2. The van der Waals surface area contributed by atoms with Crippen LogP contribution in [0.15, 0.2) is 4.42 Å². The highest BCUT2D eigenvalue weighted by atomic mass is 16.6. The maximum Gasteiger partial charge on any atom is 0.306 e. The van der Waals surface area contributed by atoms with E-state index < -0.39 is 0 Å². The van der Waals surface area contributed by atoms with Crippen molar-refractivity contribution in [2.24, 2.45) is 62.1 Å². The molecular weight excluding hydrogens is 610 g/mol. The molecule has 7 fully saturated rings. The Kier molecular flexibility index (Phi) is 7.54. The third-order valence-corrected chi connectivity index (χ3v) is 18.2. The number of fused-ring (bicyclic) bond motifs is 7. The van der Waals surface area contributed by atoms with Crippen molar-refractivity contribution in [2.45, 2.75) is 176 Å². The summed E-state index contributed by atoms with van der Waals surface area (Å²) < 4.78 is 11.7. The largest absolute Gasteiger partial charge is 0.459 e. The van der Waals surface area contributed by atoms with Gasteiger partial charge in [-0.1, -0.05) is 54.9 Å². The number of carbonyl (C=O) groups is 2. The summed E-state index contributed by atoms with van der Waals surface area (Å²) in [5.41, 5.74) is 0.433. The van der Waals surface area contributed by atoms with Gasteiger partial charge in [-0.05, 0) is 147 Å². The van der Waals surface area contributed by atoms with Crippen LogP contribution in [-0.4, -0.2) is 33.7 Å². The van der Waals surface area contributed by atoms with Crippen molar-refractivity contribution in [3.8, 4) is 0 Å². The maximum absolute atomic E-state index is 14.6. The first kappa shape index (κ1) is 34.2. The Morgan fingerprint density at radius 3 is 2.20 bits per heavy atom. The Labute approximate surface area is 295 Å². The van der Waals surface area contributed by atoms with Crippen LogP contribution in [0.1, 0.15) is 169 Å². The summed E-state index contributed by atoms with van der Waals surface area (Å²) in [7, 11) is 0. The number of hydrogen-bond acceptors (Lipinski definition) is 6. The predicted octanol–water partition coefficient (Wildman–Crippen LogP) is 9.33. The third kappa shape index (κ3) is 4.76. The second kappa shape index (κ2) is 10.8. The Hall–Kier alpha value is -1.92. The second-order valence-corrected chi connectivity index (χ2v) is 20.8. The average molecular weight is 676 g/mol. The number of esters is 1. The molecule has 0 radical (unpaired) electrons. The van der Waals surface area contributed by atoms with E-state index in [0.717, 1.165) is 38.5 Å². The van der Waals surface area contributed by atoms with E-state index in [-0.39, 0.29) is 56.0 Å². The van der Waals surface area contributed by atoms with Crippen molar-refractivity contribution in [2.75, 3.05) is 0 Å². The first-order valence-electron chi connectivity index (χ1n) is 20.2. The van der Waals surface area contributed by atoms with Crippen LogP contribution in [0, 0.1) is 69.0 Å². The number of nitrogens with one attached hydrogen (secondary N) is 1. The van der Waals surface area contributed by atoms with Crippen LogP contribution >= 0.6 is 0 Å². The van der Waals surface area contributed by atoms with Crippen LogP contribution < -0.4 is 5.32 Å². The molecule has 1 N–H and O–H groups in total. The van der Waals surface area contributed by atoms with Crippen molar-refractivity contribution >= 4 is 11.9 Å². The second-order valence-electron chi connectivity index (χ2n) is 20.8. The first-order chi connectivity index (χ1) is 22.9. The van der Waals surface area contributed by atoms with Crippen LogP contribution in [0.5, 0.6) is 0 Å². The van der Waals surface area contributed by atoms with Crippen LogP contribution in [0.25, 0.3) is 0 Å². The van der Waals surface area contributed by atoms with Crippen LogP contribution in [0.3, 0.4) is 0 Å². The fraction of sp³-hybridized carbons (Fsp3) is 0.905. The Morgan fingerprint density at radius 1 is 0.776 bits per heavy atom. The van der Waals surface area contributed by atoms with E-state index in [9.17, 15) is 9.59 Å². The number of ether oxygens (including phenoxy) is 1. The highest BCUT2D eigenvalue weighted by Crippen LogP contribution is 2.77.